The summed E-state index contributed by atoms with van der Waals surface area (Å²) in [5, 5.41) is 3.68. The van der Waals surface area contributed by atoms with Gasteiger partial charge < -0.3 is 15.0 Å². The topological polar surface area (TPSA) is 24.5 Å². The third-order valence-electron chi connectivity index (χ3n) is 3.35. The Morgan fingerprint density at radius 2 is 2.15 bits per heavy atom. The van der Waals surface area contributed by atoms with E-state index in [0.717, 1.165) is 19.8 Å². The maximum absolute atomic E-state index is 5.41. The molecule has 0 radical (unpaired) electrons. The van der Waals surface area contributed by atoms with Crippen molar-refractivity contribution in [2.45, 2.75) is 25.3 Å². The van der Waals surface area contributed by atoms with E-state index in [-0.39, 0.29) is 0 Å². The Hall–Kier alpha value is -0.120. The highest BCUT2D eigenvalue weighted by Crippen LogP contribution is 2.23. The maximum Gasteiger partial charge on any atom is 0.0484 e. The molecule has 2 heterocycles. The van der Waals surface area contributed by atoms with Gasteiger partial charge >= 0.3 is 0 Å². The van der Waals surface area contributed by atoms with Crippen LogP contribution in [0, 0.1) is 0 Å². The van der Waals surface area contributed by atoms with Gasteiger partial charge in [-0.2, -0.15) is 0 Å². The normalized spacial score (nSPS) is 29.3. The van der Waals surface area contributed by atoms with Crippen LogP contribution in [0.25, 0.3) is 0 Å². The Kier molecular flexibility index (Phi) is 2.86. The molecule has 2 aliphatic rings. The van der Waals surface area contributed by atoms with Crippen LogP contribution in [0.3, 0.4) is 0 Å². The fraction of sp³-hybridized carbons (Fsp3) is 1.00. The van der Waals surface area contributed by atoms with Crippen LogP contribution >= 0.6 is 0 Å². The molecule has 0 amide bonds. The smallest absolute Gasteiger partial charge is 0.0484 e. The van der Waals surface area contributed by atoms with Gasteiger partial charge in [0.25, 0.3) is 0 Å². The lowest BCUT2D eigenvalue weighted by molar-refractivity contribution is 0.00763. The fourth-order valence-corrected chi connectivity index (χ4v) is 2.41. The minimum absolute atomic E-state index is 0.381. The molecule has 0 aromatic heterocycles. The minimum atomic E-state index is 0.381. The van der Waals surface area contributed by atoms with Crippen molar-refractivity contribution in [1.82, 2.24) is 10.2 Å². The highest BCUT2D eigenvalue weighted by Gasteiger charge is 2.35. The molecule has 0 aromatic carbocycles. The fourth-order valence-electron chi connectivity index (χ4n) is 2.41. The lowest BCUT2D eigenvalue weighted by Gasteiger charge is -2.45. The Morgan fingerprint density at radius 3 is 2.85 bits per heavy atom. The van der Waals surface area contributed by atoms with Gasteiger partial charge in [-0.25, -0.2) is 0 Å². The molecule has 3 nitrogen and oxygen atoms in total. The maximum atomic E-state index is 5.41. The van der Waals surface area contributed by atoms with Crippen LogP contribution in [-0.2, 0) is 4.74 Å². The van der Waals surface area contributed by atoms with E-state index in [1.54, 1.807) is 0 Å². The van der Waals surface area contributed by atoms with E-state index >= 15 is 0 Å². The van der Waals surface area contributed by atoms with E-state index in [4.69, 9.17) is 4.74 Å². The van der Waals surface area contributed by atoms with Crippen LogP contribution in [0.2, 0.25) is 0 Å². The molecule has 2 saturated heterocycles. The molecule has 1 N–H and O–H groups in total. The van der Waals surface area contributed by atoms with Gasteiger partial charge in [-0.1, -0.05) is 6.92 Å². The zero-order valence-corrected chi connectivity index (χ0v) is 8.51. The first kappa shape index (κ1) is 9.44. The summed E-state index contributed by atoms with van der Waals surface area (Å²) in [5.41, 5.74) is 0.381. The van der Waals surface area contributed by atoms with Gasteiger partial charge in [-0.05, 0) is 19.4 Å². The number of ether oxygens (including phenoxy) is 1. The van der Waals surface area contributed by atoms with Crippen LogP contribution in [0.5, 0.6) is 0 Å². The predicted molar refractivity (Wildman–Crippen MR) is 52.9 cm³/mol. The first-order valence-corrected chi connectivity index (χ1v) is 5.40. The highest BCUT2D eigenvalue weighted by molar-refractivity contribution is 4.95. The molecule has 76 valence electrons. The molecule has 0 saturated carbocycles. The van der Waals surface area contributed by atoms with Crippen molar-refractivity contribution in [2.75, 3.05) is 39.4 Å². The number of nitrogens with one attached hydrogen (secondary N) is 1. The zero-order valence-electron chi connectivity index (χ0n) is 8.51. The van der Waals surface area contributed by atoms with Crippen molar-refractivity contribution in [2.24, 2.45) is 0 Å². The SMILES string of the molecule is CCN1CCNC2(CCOCC2)C1. The summed E-state index contributed by atoms with van der Waals surface area (Å²) in [5.74, 6) is 0. The van der Waals surface area contributed by atoms with Crippen LogP contribution in [0.4, 0.5) is 0 Å². The lowest BCUT2D eigenvalue weighted by Crippen LogP contribution is -2.62. The van der Waals surface area contributed by atoms with Gasteiger partial charge in [0.1, 0.15) is 0 Å². The largest absolute Gasteiger partial charge is 0.381 e. The average molecular weight is 184 g/mol. The van der Waals surface area contributed by atoms with Crippen LogP contribution in [0.15, 0.2) is 0 Å². The summed E-state index contributed by atoms with van der Waals surface area (Å²) < 4.78 is 5.41. The third kappa shape index (κ3) is 2.03. The molecule has 0 aromatic rings. The molecule has 3 heteroatoms. The van der Waals surface area contributed by atoms with E-state index in [9.17, 15) is 0 Å². The second-order valence-corrected chi connectivity index (χ2v) is 4.19. The van der Waals surface area contributed by atoms with Crippen molar-refractivity contribution in [3.63, 3.8) is 0 Å². The van der Waals surface area contributed by atoms with Crippen molar-refractivity contribution < 1.29 is 4.74 Å². The summed E-state index contributed by atoms with van der Waals surface area (Å²) >= 11 is 0. The molecule has 0 bridgehead atoms. The molecule has 0 atom stereocenters. The first-order valence-electron chi connectivity index (χ1n) is 5.40. The summed E-state index contributed by atoms with van der Waals surface area (Å²) in [6.07, 6.45) is 2.37. The number of nitrogens with zero attached hydrogens (tertiary/aromatic N) is 1. The molecule has 0 aliphatic carbocycles. The number of likely N-dealkylation sites (N-methyl/N-ethyl adjacent to an activating group) is 1. The van der Waals surface area contributed by atoms with Gasteiger partial charge in [0.2, 0.25) is 0 Å². The Balaban J connectivity index is 1.95. The van der Waals surface area contributed by atoms with Crippen molar-refractivity contribution >= 4 is 0 Å². The van der Waals surface area contributed by atoms with E-state index in [1.165, 1.54) is 32.5 Å². The lowest BCUT2D eigenvalue weighted by atomic mass is 9.88. The summed E-state index contributed by atoms with van der Waals surface area (Å²) in [7, 11) is 0. The summed E-state index contributed by atoms with van der Waals surface area (Å²) in [6.45, 7) is 8.87. The van der Waals surface area contributed by atoms with E-state index in [0.29, 0.717) is 5.54 Å². The second-order valence-electron chi connectivity index (χ2n) is 4.19. The highest BCUT2D eigenvalue weighted by atomic mass is 16.5. The zero-order chi connectivity index (χ0) is 9.15. The number of hydrogen-bond donors (Lipinski definition) is 1. The molecule has 2 aliphatic heterocycles. The Bertz CT molecular complexity index is 161. The van der Waals surface area contributed by atoms with E-state index < -0.39 is 0 Å². The second kappa shape index (κ2) is 3.95. The third-order valence-corrected chi connectivity index (χ3v) is 3.35. The molecule has 13 heavy (non-hydrogen) atoms. The molecule has 2 fully saturated rings. The minimum Gasteiger partial charge on any atom is -0.381 e. The summed E-state index contributed by atoms with van der Waals surface area (Å²) in [6, 6.07) is 0. The Labute approximate surface area is 80.4 Å². The molecule has 2 rings (SSSR count). The molecular formula is C10H20N2O. The van der Waals surface area contributed by atoms with Gasteiger partial charge in [0.15, 0.2) is 0 Å². The van der Waals surface area contributed by atoms with Crippen molar-refractivity contribution in [3.05, 3.63) is 0 Å². The standard InChI is InChI=1S/C10H20N2O/c1-2-12-6-5-11-10(9-12)3-7-13-8-4-10/h11H,2-9H2,1H3. The first-order chi connectivity index (χ1) is 6.35. The summed E-state index contributed by atoms with van der Waals surface area (Å²) in [4.78, 5) is 2.54. The van der Waals surface area contributed by atoms with Crippen LogP contribution < -0.4 is 5.32 Å². The monoisotopic (exact) mass is 184 g/mol. The van der Waals surface area contributed by atoms with Crippen molar-refractivity contribution in [1.29, 1.82) is 0 Å². The van der Waals surface area contributed by atoms with E-state index in [1.807, 2.05) is 0 Å². The quantitative estimate of drug-likeness (QED) is 0.641. The number of rotatable bonds is 1. The van der Waals surface area contributed by atoms with E-state index in [2.05, 4.69) is 17.1 Å². The van der Waals surface area contributed by atoms with Gasteiger partial charge in [0.05, 0.1) is 0 Å². The molecule has 1 spiro atoms. The van der Waals surface area contributed by atoms with Gasteiger partial charge in [-0.15, -0.1) is 0 Å². The average Bonchev–Trinajstić information content (AvgIpc) is 2.19. The van der Waals surface area contributed by atoms with Crippen molar-refractivity contribution in [3.8, 4) is 0 Å². The number of hydrogen-bond acceptors (Lipinski definition) is 3. The Morgan fingerprint density at radius 1 is 1.38 bits per heavy atom. The van der Waals surface area contributed by atoms with Crippen LogP contribution in [0.1, 0.15) is 19.8 Å². The van der Waals surface area contributed by atoms with Gasteiger partial charge in [-0.3, -0.25) is 0 Å². The predicted octanol–water partition coefficient (Wildman–Crippen LogP) is 0.461. The molecule has 0 unspecified atom stereocenters. The van der Waals surface area contributed by atoms with Crippen LogP contribution in [-0.4, -0.2) is 49.8 Å². The number of piperazine rings is 1. The molecular weight excluding hydrogens is 164 g/mol. The van der Waals surface area contributed by atoms with Gasteiger partial charge in [0, 0.05) is 38.4 Å².